The number of hydrogen-bond acceptors (Lipinski definition) is 4. The maximum atomic E-state index is 6.34. The van der Waals surface area contributed by atoms with Gasteiger partial charge in [0.2, 0.25) is 0 Å². The summed E-state index contributed by atoms with van der Waals surface area (Å²) in [6.45, 7) is 27.2. The summed E-state index contributed by atoms with van der Waals surface area (Å²) in [5.74, 6) is 2.69. The van der Waals surface area contributed by atoms with Crippen LogP contribution >= 0.6 is 22.6 Å². The smallest absolute Gasteiger partial charge is 0.192 e. The highest BCUT2D eigenvalue weighted by Gasteiger charge is 2.39. The first-order chi connectivity index (χ1) is 17.9. The molecule has 0 aliphatic carbocycles. The van der Waals surface area contributed by atoms with Crippen molar-refractivity contribution in [2.45, 2.75) is 137 Å². The fraction of sp³-hybridized carbons (Fsp3) is 0.840. The molecule has 0 saturated heterocycles. The van der Waals surface area contributed by atoms with Gasteiger partial charge in [0.25, 0.3) is 0 Å². The van der Waals surface area contributed by atoms with Gasteiger partial charge in [-0.2, -0.15) is 0 Å². The molecule has 0 radical (unpaired) electrons. The zero-order valence-corrected chi connectivity index (χ0v) is 37.8. The van der Waals surface area contributed by atoms with Crippen molar-refractivity contribution in [1.29, 1.82) is 0 Å². The Hall–Kier alpha value is 2.58. The highest BCUT2D eigenvalue weighted by atomic mass is 127. The Balaban J connectivity index is -0.000000245. The van der Waals surface area contributed by atoms with E-state index in [1.54, 1.807) is 53.3 Å². The minimum absolute atomic E-state index is 0. The van der Waals surface area contributed by atoms with Crippen molar-refractivity contribution in [2.24, 2.45) is 0 Å². The molecule has 2 atom stereocenters. The Labute approximate surface area is 297 Å². The molecule has 0 aromatic carbocycles. The quantitative estimate of drug-likeness (QED) is 0.131. The highest BCUT2D eigenvalue weighted by molar-refractivity contribution is 14.1. The van der Waals surface area contributed by atoms with Crippen molar-refractivity contribution in [2.75, 3.05) is 0 Å². The van der Waals surface area contributed by atoms with Crippen LogP contribution in [-0.2, 0) is 102 Å². The molecule has 0 bridgehead atoms. The van der Waals surface area contributed by atoms with E-state index in [2.05, 4.69) is 143 Å². The van der Waals surface area contributed by atoms with Gasteiger partial charge in [-0.05, 0) is 59.6 Å². The van der Waals surface area contributed by atoms with Crippen molar-refractivity contribution >= 4 is 133 Å². The number of hydrogen-bond donors (Lipinski definition) is 0. The van der Waals surface area contributed by atoms with Gasteiger partial charge in [0, 0.05) is 106 Å². The average Bonchev–Trinajstić information content (AvgIpc) is 2.83. The molecule has 240 valence electrons. The summed E-state index contributed by atoms with van der Waals surface area (Å²) in [7, 11) is 9.49. The van der Waals surface area contributed by atoms with E-state index in [0.29, 0.717) is 11.1 Å². The van der Waals surface area contributed by atoms with Crippen LogP contribution in [0.25, 0.3) is 0 Å². The molecule has 0 heterocycles. The summed E-state index contributed by atoms with van der Waals surface area (Å²) in [6, 6.07) is 0. The lowest BCUT2D eigenvalue weighted by Crippen LogP contribution is -2.43. The second kappa shape index (κ2) is 27.9. The largest absolute Gasteiger partial charge is 0.414 e. The van der Waals surface area contributed by atoms with Crippen molar-refractivity contribution < 1.29 is 8.85 Å². The van der Waals surface area contributed by atoms with Crippen LogP contribution < -0.4 is 0 Å². The second-order valence-electron chi connectivity index (χ2n) is 11.4. The van der Waals surface area contributed by atoms with Gasteiger partial charge in [0.1, 0.15) is 0 Å². The van der Waals surface area contributed by atoms with Crippen LogP contribution in [0, 0.1) is 12.3 Å². The van der Waals surface area contributed by atoms with Gasteiger partial charge in [0.05, 0.1) is 6.10 Å². The van der Waals surface area contributed by atoms with E-state index >= 15 is 0 Å². The minimum atomic E-state index is -1.62. The normalized spacial score (nSPS) is 12.9. The minimum Gasteiger partial charge on any atom is -0.414 e. The van der Waals surface area contributed by atoms with Crippen molar-refractivity contribution in [3.63, 3.8) is 0 Å². The van der Waals surface area contributed by atoms with E-state index in [0.717, 1.165) is 25.7 Å². The van der Waals surface area contributed by atoms with E-state index in [-0.39, 0.29) is 18.6 Å². The Morgan fingerprint density at radius 3 is 1.40 bits per heavy atom. The molecular weight excluding hydrogens is 836 g/mol. The fourth-order valence-electron chi connectivity index (χ4n) is 2.16. The lowest BCUT2D eigenvalue weighted by atomic mass is 10.2. The predicted molar refractivity (Wildman–Crippen MR) is 226 cm³/mol. The van der Waals surface area contributed by atoms with Crippen molar-refractivity contribution in [3.8, 4) is 12.3 Å². The third kappa shape index (κ3) is 26.9. The second-order valence-corrected chi connectivity index (χ2v) is 35.8. The zero-order chi connectivity index (χ0) is 31.2. The first kappa shape index (κ1) is 49.5. The van der Waals surface area contributed by atoms with Gasteiger partial charge in [0.15, 0.2) is 16.6 Å². The third-order valence-corrected chi connectivity index (χ3v) is 31.6. The molecule has 0 amide bonds. The molecule has 0 aromatic heterocycles. The Bertz CT molecular complexity index is 1050. The number of halogens is 1. The van der Waals surface area contributed by atoms with Crippen LogP contribution in [0.2, 0.25) is 36.3 Å². The van der Waals surface area contributed by atoms with Gasteiger partial charge >= 0.3 is 0 Å². The van der Waals surface area contributed by atoms with Gasteiger partial charge in [-0.3, -0.25) is 0 Å². The molecule has 2 nitrogen and oxygen atoms in total. The lowest BCUT2D eigenvalue weighted by molar-refractivity contribution is 0.179. The first-order valence-corrected chi connectivity index (χ1v) is 31.6. The predicted octanol–water partition coefficient (Wildman–Crippen LogP) is 9.55. The molecule has 0 aliphatic heterocycles. The lowest BCUT2D eigenvalue weighted by Gasteiger charge is -2.39. The molecule has 0 spiro atoms. The van der Waals surface area contributed by atoms with Gasteiger partial charge in [-0.15, -0.1) is 12.3 Å². The third-order valence-electron chi connectivity index (χ3n) is 6.47. The van der Waals surface area contributed by atoms with Crippen LogP contribution in [0.3, 0.4) is 0 Å². The van der Waals surface area contributed by atoms with E-state index in [1.807, 2.05) is 0 Å². The van der Waals surface area contributed by atoms with Gasteiger partial charge in [-0.25, -0.2) is 0 Å². The topological polar surface area (TPSA) is 18.5 Å². The molecule has 40 heavy (non-hydrogen) atoms. The molecule has 0 N–H and O–H groups in total. The maximum absolute atomic E-state index is 6.34. The van der Waals surface area contributed by atoms with Crippen LogP contribution in [0.5, 0.6) is 0 Å². The maximum Gasteiger partial charge on any atom is 0.192 e. The average molecular weight is 889 g/mol. The molecular formula is C25H53IO2S10Si2. The zero-order valence-electron chi connectivity index (χ0n) is 25.5. The highest BCUT2D eigenvalue weighted by Crippen LogP contribution is 2.38. The SMILES string of the molecule is C.C#CC[C@H](CC)O[Si](C)(C)C(C)(C)C.CC[C@@H](C/C=C\I)O[Si](C)(C)C(C)(C)C.S=S=S=S=S=S=S=S=S=S. The van der Waals surface area contributed by atoms with Gasteiger partial charge < -0.3 is 8.85 Å². The van der Waals surface area contributed by atoms with E-state index in [1.165, 1.54) is 17.8 Å². The fourth-order valence-corrected chi connectivity index (χ4v) is 21.8. The Morgan fingerprint density at radius 2 is 1.12 bits per heavy atom. The molecule has 0 unspecified atom stereocenters. The molecule has 0 saturated carbocycles. The number of rotatable bonds is 9. The van der Waals surface area contributed by atoms with Crippen LogP contribution in [0.1, 0.15) is 88.5 Å². The van der Waals surface area contributed by atoms with E-state index < -0.39 is 16.6 Å². The summed E-state index contributed by atoms with van der Waals surface area (Å²) < 4.78 is 14.6. The summed E-state index contributed by atoms with van der Waals surface area (Å²) in [5.41, 5.74) is 0. The summed E-state index contributed by atoms with van der Waals surface area (Å²) in [4.78, 5) is 0. The summed E-state index contributed by atoms with van der Waals surface area (Å²) in [6.07, 6.45) is 12.1. The van der Waals surface area contributed by atoms with Crippen molar-refractivity contribution in [1.82, 2.24) is 0 Å². The summed E-state index contributed by atoms with van der Waals surface area (Å²) in [5, 5.41) is 0.587. The number of terminal acetylenes is 1. The molecule has 0 rings (SSSR count). The van der Waals surface area contributed by atoms with Crippen LogP contribution in [0.15, 0.2) is 10.2 Å². The molecule has 0 aromatic rings. The van der Waals surface area contributed by atoms with E-state index in [4.69, 9.17) is 15.3 Å². The standard InChI is InChI=1S/C12H25IOSi.C12H24OSi.CH4.S10/c1-7-11(9-8-10-13)14-15(5,6)12(2,3)4;1-8-10-11(9-2)13-14(6,7)12(3,4)5;;1-3-5-7-9-10-8-6-4-2/h8,10-11H,7,9H2,1-6H3;1,11H,9-10H2,2-7H3;1H4;/b10-8-;;;/t2*11-;;/m00../s1. The summed E-state index contributed by atoms with van der Waals surface area (Å²) >= 11 is 11.6. The van der Waals surface area contributed by atoms with E-state index in [9.17, 15) is 0 Å². The Morgan fingerprint density at radius 1 is 0.775 bits per heavy atom. The van der Waals surface area contributed by atoms with Crippen LogP contribution in [-0.4, -0.2) is 28.8 Å². The van der Waals surface area contributed by atoms with Gasteiger partial charge in [-0.1, -0.05) is 91.5 Å². The monoisotopic (exact) mass is 888 g/mol. The van der Waals surface area contributed by atoms with Crippen LogP contribution in [0.4, 0.5) is 0 Å². The molecule has 0 aliphatic rings. The van der Waals surface area contributed by atoms with Crippen molar-refractivity contribution in [3.05, 3.63) is 10.2 Å². The first-order valence-electron chi connectivity index (χ1n) is 12.5. The molecule has 15 heteroatoms. The molecule has 0 fully saturated rings. The Kier molecular flexibility index (Phi) is 34.4.